The molecule has 3 aromatic rings. The van der Waals surface area contributed by atoms with Gasteiger partial charge in [0.1, 0.15) is 23.2 Å². The lowest BCUT2D eigenvalue weighted by atomic mass is 10.2. The standard InChI is InChI=1S/C24H26P/c1-21(2)13-12-20-25(22-14-6-3-7-15-22,23-16-8-4-9-17-23)24-18-10-5-11-19-24/h3-11,14-19H,1,12-13,20H2,2H3/q+1. The highest BCUT2D eigenvalue weighted by molar-refractivity contribution is 7.95. The summed E-state index contributed by atoms with van der Waals surface area (Å²) in [6.45, 7) is 6.24. The van der Waals surface area contributed by atoms with Gasteiger partial charge in [0.2, 0.25) is 0 Å². The predicted octanol–water partition coefficient (Wildman–Crippen LogP) is 5.34. The second kappa shape index (κ2) is 8.28. The van der Waals surface area contributed by atoms with Gasteiger partial charge in [0.15, 0.2) is 0 Å². The first kappa shape index (κ1) is 17.6. The van der Waals surface area contributed by atoms with E-state index in [9.17, 15) is 0 Å². The summed E-state index contributed by atoms with van der Waals surface area (Å²) in [5.74, 6) is 0. The van der Waals surface area contributed by atoms with Gasteiger partial charge in [-0.05, 0) is 56.2 Å². The Hall–Kier alpha value is -2.17. The molecule has 25 heavy (non-hydrogen) atoms. The largest absolute Gasteiger partial charge is 0.112 e. The van der Waals surface area contributed by atoms with E-state index >= 15 is 0 Å². The molecule has 3 rings (SSSR count). The van der Waals surface area contributed by atoms with Crippen molar-refractivity contribution in [3.63, 3.8) is 0 Å². The van der Waals surface area contributed by atoms with E-state index in [1.165, 1.54) is 34.1 Å². The summed E-state index contributed by atoms with van der Waals surface area (Å²) in [5, 5.41) is 4.40. The number of hydrogen-bond acceptors (Lipinski definition) is 0. The fourth-order valence-electron chi connectivity index (χ4n) is 3.50. The van der Waals surface area contributed by atoms with Gasteiger partial charge in [0.25, 0.3) is 0 Å². The quantitative estimate of drug-likeness (QED) is 0.401. The third kappa shape index (κ3) is 3.91. The van der Waals surface area contributed by atoms with E-state index in [0.717, 1.165) is 6.42 Å². The molecule has 1 heteroatoms. The Balaban J connectivity index is 2.18. The van der Waals surface area contributed by atoms with Crippen molar-refractivity contribution in [3.8, 4) is 0 Å². The van der Waals surface area contributed by atoms with Gasteiger partial charge in [-0.15, -0.1) is 6.58 Å². The first-order valence-corrected chi connectivity index (χ1v) is 10.9. The maximum atomic E-state index is 4.11. The molecule has 0 radical (unpaired) electrons. The van der Waals surface area contributed by atoms with E-state index in [4.69, 9.17) is 0 Å². The van der Waals surface area contributed by atoms with Crippen LogP contribution < -0.4 is 15.9 Å². The molecule has 0 aromatic heterocycles. The van der Waals surface area contributed by atoms with E-state index in [1.807, 2.05) is 0 Å². The molecule has 126 valence electrons. The van der Waals surface area contributed by atoms with Crippen molar-refractivity contribution in [3.05, 3.63) is 103 Å². The van der Waals surface area contributed by atoms with Crippen molar-refractivity contribution in [2.24, 2.45) is 0 Å². The molecule has 0 fully saturated rings. The van der Waals surface area contributed by atoms with Crippen molar-refractivity contribution in [2.75, 3.05) is 6.16 Å². The highest BCUT2D eigenvalue weighted by Gasteiger charge is 2.44. The topological polar surface area (TPSA) is 0 Å². The van der Waals surface area contributed by atoms with Gasteiger partial charge in [0, 0.05) is 0 Å². The van der Waals surface area contributed by atoms with Crippen molar-refractivity contribution in [1.29, 1.82) is 0 Å². The van der Waals surface area contributed by atoms with Gasteiger partial charge in [0.05, 0.1) is 6.16 Å². The molecule has 0 amide bonds. The predicted molar refractivity (Wildman–Crippen MR) is 114 cm³/mol. The first-order valence-electron chi connectivity index (χ1n) is 8.93. The molecule has 3 aromatic carbocycles. The van der Waals surface area contributed by atoms with E-state index in [1.54, 1.807) is 0 Å². The van der Waals surface area contributed by atoms with Crippen LogP contribution in [0.1, 0.15) is 19.8 Å². The highest BCUT2D eigenvalue weighted by atomic mass is 31.2. The number of rotatable bonds is 7. The van der Waals surface area contributed by atoms with Crippen LogP contribution in [0.4, 0.5) is 0 Å². The minimum absolute atomic E-state index is 1.09. The Labute approximate surface area is 152 Å². The lowest BCUT2D eigenvalue weighted by molar-refractivity contribution is 0.915. The number of benzene rings is 3. The summed E-state index contributed by atoms with van der Waals surface area (Å²) in [4.78, 5) is 0. The fraction of sp³-hybridized carbons (Fsp3) is 0.167. The van der Waals surface area contributed by atoms with E-state index in [2.05, 4.69) is 104 Å². The van der Waals surface area contributed by atoms with Crippen LogP contribution in [0.5, 0.6) is 0 Å². The maximum Gasteiger partial charge on any atom is 0.112 e. The van der Waals surface area contributed by atoms with E-state index in [0.29, 0.717) is 0 Å². The molecule has 0 atom stereocenters. The lowest BCUT2D eigenvalue weighted by Gasteiger charge is -2.27. The molecule has 0 saturated heterocycles. The van der Waals surface area contributed by atoms with Gasteiger partial charge < -0.3 is 0 Å². The van der Waals surface area contributed by atoms with E-state index < -0.39 is 7.26 Å². The molecule has 0 saturated carbocycles. The molecule has 0 aliphatic carbocycles. The van der Waals surface area contributed by atoms with Gasteiger partial charge >= 0.3 is 0 Å². The third-order valence-electron chi connectivity index (χ3n) is 4.69. The maximum absolute atomic E-state index is 4.11. The van der Waals surface area contributed by atoms with Crippen LogP contribution in [0.15, 0.2) is 103 Å². The summed E-state index contributed by atoms with van der Waals surface area (Å²) in [5.41, 5.74) is 1.27. The van der Waals surface area contributed by atoms with Crippen LogP contribution in [0.25, 0.3) is 0 Å². The van der Waals surface area contributed by atoms with Crippen molar-refractivity contribution >= 4 is 23.2 Å². The second-order valence-corrected chi connectivity index (χ2v) is 10.2. The van der Waals surface area contributed by atoms with Crippen LogP contribution in [-0.4, -0.2) is 6.16 Å². The number of allylic oxidation sites excluding steroid dienone is 1. The van der Waals surface area contributed by atoms with Crippen LogP contribution in [0, 0.1) is 0 Å². The Morgan fingerprint density at radius 2 is 1.04 bits per heavy atom. The Kier molecular flexibility index (Phi) is 5.84. The summed E-state index contributed by atoms with van der Waals surface area (Å²) in [6.07, 6.45) is 3.44. The van der Waals surface area contributed by atoms with Gasteiger partial charge in [-0.1, -0.05) is 60.2 Å². The molecule has 0 bridgehead atoms. The lowest BCUT2D eigenvalue weighted by Crippen LogP contribution is -2.33. The summed E-state index contributed by atoms with van der Waals surface area (Å²) in [7, 11) is -1.65. The van der Waals surface area contributed by atoms with Crippen molar-refractivity contribution in [1.82, 2.24) is 0 Å². The minimum atomic E-state index is -1.65. The Morgan fingerprint density at radius 3 is 1.36 bits per heavy atom. The minimum Gasteiger partial charge on any atom is -0.100 e. The molecular weight excluding hydrogens is 319 g/mol. The van der Waals surface area contributed by atoms with Crippen molar-refractivity contribution < 1.29 is 0 Å². The summed E-state index contributed by atoms with van der Waals surface area (Å²) in [6, 6.07) is 33.3. The van der Waals surface area contributed by atoms with Crippen LogP contribution >= 0.6 is 7.26 Å². The highest BCUT2D eigenvalue weighted by Crippen LogP contribution is 2.55. The zero-order chi connectivity index (χ0) is 17.5. The van der Waals surface area contributed by atoms with Gasteiger partial charge in [-0.3, -0.25) is 0 Å². The normalized spacial score (nSPS) is 11.2. The first-order chi connectivity index (χ1) is 12.2. The zero-order valence-corrected chi connectivity index (χ0v) is 15.8. The van der Waals surface area contributed by atoms with Crippen LogP contribution in [0.3, 0.4) is 0 Å². The summed E-state index contributed by atoms with van der Waals surface area (Å²) < 4.78 is 0. The number of hydrogen-bond donors (Lipinski definition) is 0. The fourth-order valence-corrected chi connectivity index (χ4v) is 7.84. The molecule has 0 nitrogen and oxygen atoms in total. The molecule has 0 aliphatic heterocycles. The SMILES string of the molecule is C=C(C)CCC[P+](c1ccccc1)(c1ccccc1)c1ccccc1. The molecule has 0 heterocycles. The van der Waals surface area contributed by atoms with Gasteiger partial charge in [-0.2, -0.15) is 0 Å². The molecule has 0 unspecified atom stereocenters. The van der Waals surface area contributed by atoms with Crippen molar-refractivity contribution in [2.45, 2.75) is 19.8 Å². The average Bonchev–Trinajstić information content (AvgIpc) is 2.67. The summed E-state index contributed by atoms with van der Waals surface area (Å²) >= 11 is 0. The molecule has 0 aliphatic rings. The third-order valence-corrected chi connectivity index (χ3v) is 9.21. The van der Waals surface area contributed by atoms with Gasteiger partial charge in [-0.25, -0.2) is 0 Å². The second-order valence-electron chi connectivity index (χ2n) is 6.60. The smallest absolute Gasteiger partial charge is 0.100 e. The monoisotopic (exact) mass is 345 g/mol. The molecule has 0 spiro atoms. The van der Waals surface area contributed by atoms with Crippen LogP contribution in [-0.2, 0) is 0 Å². The van der Waals surface area contributed by atoms with Crippen LogP contribution in [0.2, 0.25) is 0 Å². The molecule has 0 N–H and O–H groups in total. The van der Waals surface area contributed by atoms with E-state index in [-0.39, 0.29) is 0 Å². The zero-order valence-electron chi connectivity index (χ0n) is 14.9. The Morgan fingerprint density at radius 1 is 0.680 bits per heavy atom. The molecular formula is C24H26P+. The Bertz CT molecular complexity index is 695. The average molecular weight is 345 g/mol.